The molecule has 2 heterocycles. The van der Waals surface area contributed by atoms with Crippen LogP contribution in [0.25, 0.3) is 0 Å². The van der Waals surface area contributed by atoms with Crippen LogP contribution in [0.15, 0.2) is 58.7 Å². The van der Waals surface area contributed by atoms with Gasteiger partial charge in [-0.1, -0.05) is 44.2 Å². The number of ketones is 1. The van der Waals surface area contributed by atoms with E-state index >= 15 is 0 Å². The molecule has 0 radical (unpaired) electrons. The third kappa shape index (κ3) is 4.80. The first-order valence-electron chi connectivity index (χ1n) is 12.9. The first-order valence-corrected chi connectivity index (χ1v) is 12.9. The number of fused-ring (bicyclic) bond motifs is 4. The fourth-order valence-electron chi connectivity index (χ4n) is 6.25. The zero-order valence-electron chi connectivity index (χ0n) is 21.9. The van der Waals surface area contributed by atoms with Crippen LogP contribution in [-0.4, -0.2) is 44.3 Å². The minimum Gasteiger partial charge on any atom is -0.548 e. The smallest absolute Gasteiger partial charge is 0.170 e. The Bertz CT molecular complexity index is 1290. The summed E-state index contributed by atoms with van der Waals surface area (Å²) in [6, 6.07) is 12.5. The number of nitrogens with one attached hydrogen (secondary N) is 1. The van der Waals surface area contributed by atoms with E-state index in [0.717, 1.165) is 36.2 Å². The minimum atomic E-state index is -1.23. The van der Waals surface area contributed by atoms with E-state index in [1.165, 1.54) is 10.5 Å². The van der Waals surface area contributed by atoms with Crippen LogP contribution in [-0.2, 0) is 22.4 Å². The third-order valence-electron chi connectivity index (χ3n) is 7.91. The molecule has 0 aromatic heterocycles. The van der Waals surface area contributed by atoms with Crippen molar-refractivity contribution in [1.82, 2.24) is 0 Å². The van der Waals surface area contributed by atoms with E-state index in [1.54, 1.807) is 14.2 Å². The molecule has 0 amide bonds. The fourth-order valence-corrected chi connectivity index (χ4v) is 6.25. The Morgan fingerprint density at radius 2 is 1.84 bits per heavy atom. The molecule has 2 aromatic rings. The van der Waals surface area contributed by atoms with E-state index in [9.17, 15) is 14.7 Å². The molecule has 5 rings (SSSR count). The van der Waals surface area contributed by atoms with Crippen LogP contribution in [0.4, 0.5) is 0 Å². The monoisotopic (exact) mass is 502 g/mol. The van der Waals surface area contributed by atoms with Gasteiger partial charge in [0.2, 0.25) is 0 Å². The molecule has 7 nitrogen and oxygen atoms in total. The maximum Gasteiger partial charge on any atom is 0.170 e. The van der Waals surface area contributed by atoms with Crippen molar-refractivity contribution in [2.24, 2.45) is 10.4 Å². The average molecular weight is 503 g/mol. The van der Waals surface area contributed by atoms with Gasteiger partial charge < -0.3 is 19.4 Å². The summed E-state index contributed by atoms with van der Waals surface area (Å²) in [6.45, 7) is 5.11. The predicted molar refractivity (Wildman–Crippen MR) is 138 cm³/mol. The quantitative estimate of drug-likeness (QED) is 0.653. The molecule has 0 saturated heterocycles. The SMILES string of the molecule is COc1cc2c(cc1OC)C1CC(=NC(Cc3ccccc3)C(=O)[O-])C3=C(CC(C)(C)CC3=O)[NH+]1CC2. The fraction of sp³-hybridized carbons (Fsp3) is 0.433. The summed E-state index contributed by atoms with van der Waals surface area (Å²) < 4.78 is 11.2. The van der Waals surface area contributed by atoms with Gasteiger partial charge in [-0.25, -0.2) is 0 Å². The highest BCUT2D eigenvalue weighted by molar-refractivity contribution is 6.24. The van der Waals surface area contributed by atoms with Crippen molar-refractivity contribution in [3.8, 4) is 11.5 Å². The highest BCUT2D eigenvalue weighted by Gasteiger charge is 2.48. The Morgan fingerprint density at radius 3 is 2.51 bits per heavy atom. The number of nitrogens with zero attached hydrogens (tertiary/aromatic N) is 1. The topological polar surface area (TPSA) is 92.5 Å². The zero-order chi connectivity index (χ0) is 26.3. The number of carboxylic acid groups (broad SMARTS) is 1. The lowest BCUT2D eigenvalue weighted by Gasteiger charge is -2.44. The molecular formula is C30H34N2O5. The van der Waals surface area contributed by atoms with E-state index in [1.807, 2.05) is 42.5 Å². The molecule has 3 unspecified atom stereocenters. The van der Waals surface area contributed by atoms with Gasteiger partial charge in [0.15, 0.2) is 17.3 Å². The van der Waals surface area contributed by atoms with Crippen LogP contribution in [0, 0.1) is 5.41 Å². The number of quaternary nitrogens is 1. The van der Waals surface area contributed by atoms with Crippen molar-refractivity contribution in [2.45, 2.75) is 58.0 Å². The minimum absolute atomic E-state index is 0.0156. The molecule has 0 saturated carbocycles. The second kappa shape index (κ2) is 9.78. The van der Waals surface area contributed by atoms with Gasteiger partial charge in [-0.3, -0.25) is 14.7 Å². The van der Waals surface area contributed by atoms with Gasteiger partial charge >= 0.3 is 0 Å². The highest BCUT2D eigenvalue weighted by atomic mass is 16.5. The number of Topliss-reactive ketones (excluding diaryl/α,β-unsaturated/α-hetero) is 1. The summed E-state index contributed by atoms with van der Waals surface area (Å²) in [5.74, 6) is 0.193. The van der Waals surface area contributed by atoms with E-state index in [0.29, 0.717) is 35.6 Å². The number of aliphatic carboxylic acids is 1. The summed E-state index contributed by atoms with van der Waals surface area (Å²) in [6.07, 6.45) is 2.77. The van der Waals surface area contributed by atoms with Crippen LogP contribution in [0.5, 0.6) is 11.5 Å². The number of benzene rings is 2. The number of carbonyl (C=O) groups excluding carboxylic acids is 2. The summed E-state index contributed by atoms with van der Waals surface area (Å²) in [4.78, 5) is 31.8. The number of rotatable bonds is 6. The summed E-state index contributed by atoms with van der Waals surface area (Å²) in [7, 11) is 3.26. The molecule has 1 N–H and O–H groups in total. The van der Waals surface area contributed by atoms with Crippen molar-refractivity contribution in [2.75, 3.05) is 20.8 Å². The number of methoxy groups -OCH3 is 2. The largest absolute Gasteiger partial charge is 0.548 e. The van der Waals surface area contributed by atoms with E-state index in [4.69, 9.17) is 14.5 Å². The van der Waals surface area contributed by atoms with Crippen molar-refractivity contribution >= 4 is 17.5 Å². The second-order valence-electron chi connectivity index (χ2n) is 11.1. The van der Waals surface area contributed by atoms with E-state index < -0.39 is 12.0 Å². The van der Waals surface area contributed by atoms with Gasteiger partial charge in [-0.2, -0.15) is 0 Å². The Labute approximate surface area is 217 Å². The van der Waals surface area contributed by atoms with Crippen LogP contribution >= 0.6 is 0 Å². The molecule has 37 heavy (non-hydrogen) atoms. The molecule has 0 spiro atoms. The van der Waals surface area contributed by atoms with Gasteiger partial charge in [0.25, 0.3) is 0 Å². The maximum absolute atomic E-state index is 13.5. The van der Waals surface area contributed by atoms with Gasteiger partial charge in [0, 0.05) is 37.7 Å². The number of hydrogen-bond donors (Lipinski definition) is 1. The van der Waals surface area contributed by atoms with Crippen LogP contribution < -0.4 is 19.5 Å². The van der Waals surface area contributed by atoms with Crippen molar-refractivity contribution < 1.29 is 29.1 Å². The van der Waals surface area contributed by atoms with E-state index in [-0.39, 0.29) is 23.7 Å². The lowest BCUT2D eigenvalue weighted by atomic mass is 9.71. The van der Waals surface area contributed by atoms with Crippen LogP contribution in [0.1, 0.15) is 55.8 Å². The number of hydrogen-bond acceptors (Lipinski definition) is 6. The Balaban J connectivity index is 1.63. The third-order valence-corrected chi connectivity index (χ3v) is 7.91. The number of allylic oxidation sites excluding steroid dienone is 2. The van der Waals surface area contributed by atoms with Gasteiger partial charge in [0.05, 0.1) is 44.1 Å². The lowest BCUT2D eigenvalue weighted by Crippen LogP contribution is -3.13. The Morgan fingerprint density at radius 1 is 1.14 bits per heavy atom. The zero-order valence-corrected chi connectivity index (χ0v) is 21.9. The Kier molecular flexibility index (Phi) is 6.67. The van der Waals surface area contributed by atoms with Crippen molar-refractivity contribution in [3.63, 3.8) is 0 Å². The van der Waals surface area contributed by atoms with Crippen LogP contribution in [0.2, 0.25) is 0 Å². The molecule has 2 aliphatic heterocycles. The van der Waals surface area contributed by atoms with E-state index in [2.05, 4.69) is 13.8 Å². The highest BCUT2D eigenvalue weighted by Crippen LogP contribution is 2.42. The summed E-state index contributed by atoms with van der Waals surface area (Å²) >= 11 is 0. The molecule has 1 aliphatic carbocycles. The Hall–Kier alpha value is -3.45. The molecule has 0 bridgehead atoms. The van der Waals surface area contributed by atoms with Gasteiger partial charge in [0.1, 0.15) is 11.7 Å². The number of ether oxygens (including phenoxy) is 2. The summed E-state index contributed by atoms with van der Waals surface area (Å²) in [5.41, 5.74) is 5.35. The number of aliphatic imine (C=N–C) groups is 1. The number of carbonyl (C=O) groups is 2. The molecule has 2 aromatic carbocycles. The molecule has 7 heteroatoms. The predicted octanol–water partition coefficient (Wildman–Crippen LogP) is 2.03. The lowest BCUT2D eigenvalue weighted by molar-refractivity contribution is -0.899. The molecule has 0 fully saturated rings. The maximum atomic E-state index is 13.5. The first-order chi connectivity index (χ1) is 17.7. The molecule has 3 atom stereocenters. The molecular weight excluding hydrogens is 468 g/mol. The normalized spacial score (nSPS) is 24.1. The van der Waals surface area contributed by atoms with Gasteiger partial charge in [-0.15, -0.1) is 0 Å². The van der Waals surface area contributed by atoms with Crippen molar-refractivity contribution in [3.05, 3.63) is 70.4 Å². The van der Waals surface area contributed by atoms with Crippen molar-refractivity contribution in [1.29, 1.82) is 0 Å². The molecule has 3 aliphatic rings. The second-order valence-corrected chi connectivity index (χ2v) is 11.1. The van der Waals surface area contributed by atoms with Gasteiger partial charge in [-0.05, 0) is 28.7 Å². The molecule has 194 valence electrons. The van der Waals surface area contributed by atoms with Crippen LogP contribution in [0.3, 0.4) is 0 Å². The standard InChI is InChI=1S/C30H34N2O5/c1-30(2)16-24-28(25(33)17-30)21(31-22(29(34)35)12-18-8-6-5-7-9-18)15-23-20-14-27(37-4)26(36-3)13-19(20)10-11-32(23)24/h5-9,13-14,22-23H,10-12,15-17H2,1-4H3,(H,34,35). The average Bonchev–Trinajstić information content (AvgIpc) is 2.86. The number of carboxylic acids is 1. The summed E-state index contributed by atoms with van der Waals surface area (Å²) in [5, 5.41) is 12.2. The first kappa shape index (κ1) is 25.2.